The average Bonchev–Trinajstić information content (AvgIpc) is 3.68. The maximum absolute atomic E-state index is 9.56. The van der Waals surface area contributed by atoms with Crippen molar-refractivity contribution in [2.75, 3.05) is 0 Å². The highest BCUT2D eigenvalue weighted by atomic mass is 15.0. The molecule has 10 aromatic carbocycles. The molecule has 1 heterocycles. The van der Waals surface area contributed by atoms with E-state index >= 15 is 0 Å². The maximum atomic E-state index is 9.56. The molecule has 0 amide bonds. The van der Waals surface area contributed by atoms with E-state index in [2.05, 4.69) is 140 Å². The Kier molecular flexibility index (Phi) is 8.19. The highest BCUT2D eigenvalue weighted by Gasteiger charge is 2.25. The van der Waals surface area contributed by atoms with E-state index in [0.29, 0.717) is 23.0 Å². The molecule has 0 unspecified atom stereocenters. The summed E-state index contributed by atoms with van der Waals surface area (Å²) in [5, 5.41) is 16.6. The highest BCUT2D eigenvalue weighted by Crippen LogP contribution is 2.52. The molecule has 0 saturated carbocycles. The van der Waals surface area contributed by atoms with Crippen LogP contribution < -0.4 is 0 Å². The van der Waals surface area contributed by atoms with Crippen LogP contribution in [0.4, 0.5) is 0 Å². The molecule has 62 heavy (non-hydrogen) atoms. The summed E-state index contributed by atoms with van der Waals surface area (Å²) in [6.07, 6.45) is 0. The summed E-state index contributed by atoms with van der Waals surface area (Å²) < 4.78 is 0. The lowest BCUT2D eigenvalue weighted by atomic mass is 9.86. The van der Waals surface area contributed by atoms with E-state index in [1.54, 1.807) is 0 Å². The summed E-state index contributed by atoms with van der Waals surface area (Å²) in [5.41, 5.74) is 15.5. The highest BCUT2D eigenvalue weighted by molar-refractivity contribution is 6.24. The Labute approximate surface area is 358 Å². The Hall–Kier alpha value is -8.52. The molecule has 0 bridgehead atoms. The minimum Gasteiger partial charge on any atom is -0.208 e. The standard InChI is InChI=1S/C58H34N4/c59-35-36-21-22-42-34-43(28-27-41(42)33-36)45-29-30-52-48-15-7-8-16-49(48)53-32-31-51(54(45)55(52)53)50-20-10-18-46-44(17-9-19-47(46)50)37-23-25-40(26-24-37)58-61-56(38-11-3-1-4-12-38)60-57(62-58)39-13-5-2-6-14-39/h1-34H. The number of hydrogen-bond donors (Lipinski definition) is 0. The molecule has 0 fully saturated rings. The van der Waals surface area contributed by atoms with Crippen molar-refractivity contribution in [2.24, 2.45) is 0 Å². The van der Waals surface area contributed by atoms with Crippen LogP contribution in [0.2, 0.25) is 0 Å². The summed E-state index contributed by atoms with van der Waals surface area (Å²) in [6.45, 7) is 0. The van der Waals surface area contributed by atoms with Crippen LogP contribution in [0, 0.1) is 11.3 Å². The fraction of sp³-hybridized carbons (Fsp3) is 0. The molecule has 0 atom stereocenters. The number of nitrogens with zero attached hydrogens (tertiary/aromatic N) is 4. The first-order valence-corrected chi connectivity index (χ1v) is 20.8. The summed E-state index contributed by atoms with van der Waals surface area (Å²) in [6, 6.07) is 74.9. The minimum absolute atomic E-state index is 0.632. The molecule has 286 valence electrons. The second-order valence-corrected chi connectivity index (χ2v) is 15.8. The quantitative estimate of drug-likeness (QED) is 0.168. The topological polar surface area (TPSA) is 62.5 Å². The van der Waals surface area contributed by atoms with E-state index in [9.17, 15) is 5.26 Å². The van der Waals surface area contributed by atoms with Crippen molar-refractivity contribution in [2.45, 2.75) is 0 Å². The molecule has 12 rings (SSSR count). The molecule has 1 aliphatic rings. The number of fused-ring (bicyclic) bond motifs is 5. The molecule has 1 aliphatic carbocycles. The monoisotopic (exact) mass is 786 g/mol. The Morgan fingerprint density at radius 3 is 1.34 bits per heavy atom. The number of rotatable bonds is 6. The van der Waals surface area contributed by atoms with E-state index in [-0.39, 0.29) is 0 Å². The van der Waals surface area contributed by atoms with Crippen LogP contribution in [0.3, 0.4) is 0 Å². The second-order valence-electron chi connectivity index (χ2n) is 15.8. The fourth-order valence-corrected chi connectivity index (χ4v) is 9.38. The summed E-state index contributed by atoms with van der Waals surface area (Å²) >= 11 is 0. The molecule has 0 N–H and O–H groups in total. The average molecular weight is 787 g/mol. The Balaban J connectivity index is 0.998. The Morgan fingerprint density at radius 1 is 0.290 bits per heavy atom. The van der Waals surface area contributed by atoms with Gasteiger partial charge in [-0.1, -0.05) is 188 Å². The van der Waals surface area contributed by atoms with Crippen molar-refractivity contribution < 1.29 is 0 Å². The molecule has 0 aliphatic heterocycles. The fourth-order valence-electron chi connectivity index (χ4n) is 9.38. The first-order valence-electron chi connectivity index (χ1n) is 20.8. The summed E-state index contributed by atoms with van der Waals surface area (Å²) in [7, 11) is 0. The van der Waals surface area contributed by atoms with Crippen molar-refractivity contribution >= 4 is 32.3 Å². The van der Waals surface area contributed by atoms with Crippen LogP contribution in [0.15, 0.2) is 206 Å². The minimum atomic E-state index is 0.632. The van der Waals surface area contributed by atoms with E-state index < -0.39 is 0 Å². The smallest absolute Gasteiger partial charge is 0.164 e. The van der Waals surface area contributed by atoms with Gasteiger partial charge in [-0.05, 0) is 106 Å². The molecule has 0 saturated heterocycles. The van der Waals surface area contributed by atoms with Gasteiger partial charge in [0.25, 0.3) is 0 Å². The van der Waals surface area contributed by atoms with Gasteiger partial charge in [0, 0.05) is 16.7 Å². The van der Waals surface area contributed by atoms with Crippen molar-refractivity contribution in [3.63, 3.8) is 0 Å². The summed E-state index contributed by atoms with van der Waals surface area (Å²) in [5.74, 6) is 1.92. The van der Waals surface area contributed by atoms with Gasteiger partial charge in [-0.25, -0.2) is 15.0 Å². The third-order valence-corrected chi connectivity index (χ3v) is 12.3. The lowest BCUT2D eigenvalue weighted by Crippen LogP contribution is -2.00. The van der Waals surface area contributed by atoms with Crippen molar-refractivity contribution in [1.82, 2.24) is 15.0 Å². The number of hydrogen-bond acceptors (Lipinski definition) is 4. The molecule has 4 nitrogen and oxygen atoms in total. The van der Waals surface area contributed by atoms with Crippen LogP contribution in [-0.4, -0.2) is 15.0 Å². The van der Waals surface area contributed by atoms with Gasteiger partial charge in [-0.2, -0.15) is 5.26 Å². The lowest BCUT2D eigenvalue weighted by molar-refractivity contribution is 1.07. The second kappa shape index (κ2) is 14.3. The Bertz CT molecular complexity index is 3540. The van der Waals surface area contributed by atoms with Crippen LogP contribution in [-0.2, 0) is 0 Å². The van der Waals surface area contributed by atoms with Crippen LogP contribution >= 0.6 is 0 Å². The number of nitriles is 1. The predicted octanol–water partition coefficient (Wildman–Crippen LogP) is 14.9. The third-order valence-electron chi connectivity index (χ3n) is 12.3. The zero-order valence-electron chi connectivity index (χ0n) is 33.4. The normalized spacial score (nSPS) is 11.5. The number of benzene rings is 10. The maximum Gasteiger partial charge on any atom is 0.164 e. The van der Waals surface area contributed by atoms with Gasteiger partial charge in [-0.15, -0.1) is 0 Å². The first-order chi connectivity index (χ1) is 30.7. The number of aromatic nitrogens is 3. The van der Waals surface area contributed by atoms with Crippen LogP contribution in [0.1, 0.15) is 5.56 Å². The van der Waals surface area contributed by atoms with Crippen molar-refractivity contribution in [1.29, 1.82) is 5.26 Å². The molecule has 0 spiro atoms. The molecule has 11 aromatic rings. The third kappa shape index (κ3) is 5.79. The molecular weight excluding hydrogens is 753 g/mol. The Morgan fingerprint density at radius 2 is 0.726 bits per heavy atom. The predicted molar refractivity (Wildman–Crippen MR) is 254 cm³/mol. The SMILES string of the molecule is N#Cc1ccc2cc(-c3ccc4c5c(ccc(-c6cccc7c(-c8ccc(-c9nc(-c%10ccccc%10)nc(-c%10ccccc%10)n9)cc8)cccc67)c35)-c3ccccc3-4)ccc2c1. The van der Waals surface area contributed by atoms with E-state index in [1.165, 1.54) is 60.5 Å². The van der Waals surface area contributed by atoms with Gasteiger partial charge in [0.05, 0.1) is 11.6 Å². The van der Waals surface area contributed by atoms with Crippen LogP contribution in [0.5, 0.6) is 0 Å². The van der Waals surface area contributed by atoms with E-state index in [1.807, 2.05) is 72.8 Å². The molecule has 0 radical (unpaired) electrons. The summed E-state index contributed by atoms with van der Waals surface area (Å²) in [4.78, 5) is 14.8. The van der Waals surface area contributed by atoms with Gasteiger partial charge < -0.3 is 0 Å². The van der Waals surface area contributed by atoms with Crippen molar-refractivity contribution in [3.05, 3.63) is 212 Å². The van der Waals surface area contributed by atoms with E-state index in [0.717, 1.165) is 44.2 Å². The van der Waals surface area contributed by atoms with Gasteiger partial charge >= 0.3 is 0 Å². The molecule has 4 heteroatoms. The van der Waals surface area contributed by atoms with Crippen molar-refractivity contribution in [3.8, 4) is 95.9 Å². The zero-order chi connectivity index (χ0) is 41.1. The zero-order valence-corrected chi connectivity index (χ0v) is 33.4. The van der Waals surface area contributed by atoms with Gasteiger partial charge in [0.2, 0.25) is 0 Å². The molecular formula is C58H34N4. The first kappa shape index (κ1) is 35.4. The van der Waals surface area contributed by atoms with Gasteiger partial charge in [0.1, 0.15) is 0 Å². The van der Waals surface area contributed by atoms with Gasteiger partial charge in [-0.3, -0.25) is 0 Å². The van der Waals surface area contributed by atoms with E-state index in [4.69, 9.17) is 15.0 Å². The largest absolute Gasteiger partial charge is 0.208 e. The van der Waals surface area contributed by atoms with Crippen LogP contribution in [0.25, 0.3) is 122 Å². The molecule has 1 aromatic heterocycles. The lowest BCUT2D eigenvalue weighted by Gasteiger charge is -2.17. The van der Waals surface area contributed by atoms with Gasteiger partial charge in [0.15, 0.2) is 17.5 Å².